The van der Waals surface area contributed by atoms with Crippen LogP contribution in [0, 0.1) is 5.92 Å². The zero-order valence-electron chi connectivity index (χ0n) is 14.8. The van der Waals surface area contributed by atoms with E-state index in [9.17, 15) is 13.2 Å². The SMILES string of the molecule is CCc1noc(CN(C)C(=O)C2CCN([C@H]3CCS(=O)(=O)C3)CC2)n1. The van der Waals surface area contributed by atoms with Gasteiger partial charge in [0, 0.05) is 25.4 Å². The van der Waals surface area contributed by atoms with E-state index in [0.717, 1.165) is 32.4 Å². The van der Waals surface area contributed by atoms with Crippen molar-refractivity contribution in [3.05, 3.63) is 11.7 Å². The summed E-state index contributed by atoms with van der Waals surface area (Å²) in [7, 11) is -1.11. The van der Waals surface area contributed by atoms with Gasteiger partial charge in [-0.05, 0) is 32.4 Å². The third-order valence-corrected chi connectivity index (χ3v) is 6.93. The Morgan fingerprint density at radius 1 is 1.32 bits per heavy atom. The number of likely N-dealkylation sites (tertiary alicyclic amines) is 1. The van der Waals surface area contributed by atoms with Gasteiger partial charge in [0.2, 0.25) is 11.8 Å². The molecule has 1 atom stereocenters. The highest BCUT2D eigenvalue weighted by Crippen LogP contribution is 2.25. The van der Waals surface area contributed by atoms with Gasteiger partial charge in [-0.15, -0.1) is 0 Å². The predicted octanol–water partition coefficient (Wildman–Crippen LogP) is 0.490. The van der Waals surface area contributed by atoms with E-state index < -0.39 is 9.84 Å². The van der Waals surface area contributed by atoms with E-state index in [1.165, 1.54) is 0 Å². The highest BCUT2D eigenvalue weighted by atomic mass is 32.2. The van der Waals surface area contributed by atoms with Crippen molar-refractivity contribution < 1.29 is 17.7 Å². The van der Waals surface area contributed by atoms with Crippen LogP contribution in [0.3, 0.4) is 0 Å². The third-order valence-electron chi connectivity index (χ3n) is 5.18. The Balaban J connectivity index is 1.49. The highest BCUT2D eigenvalue weighted by Gasteiger charge is 2.35. The summed E-state index contributed by atoms with van der Waals surface area (Å²) in [5, 5.41) is 3.85. The van der Waals surface area contributed by atoms with Crippen molar-refractivity contribution in [2.45, 2.75) is 45.2 Å². The number of piperidine rings is 1. The van der Waals surface area contributed by atoms with Crippen LogP contribution in [-0.4, -0.2) is 72.0 Å². The minimum absolute atomic E-state index is 0.0205. The maximum Gasteiger partial charge on any atom is 0.246 e. The van der Waals surface area contributed by atoms with Crippen LogP contribution in [0.25, 0.3) is 0 Å². The fraction of sp³-hybridized carbons (Fsp3) is 0.812. The number of hydrogen-bond acceptors (Lipinski definition) is 7. The molecule has 3 heterocycles. The summed E-state index contributed by atoms with van der Waals surface area (Å²) in [6.45, 7) is 3.84. The number of carbonyl (C=O) groups is 1. The number of amides is 1. The van der Waals surface area contributed by atoms with Crippen molar-refractivity contribution in [2.24, 2.45) is 5.92 Å². The van der Waals surface area contributed by atoms with Crippen molar-refractivity contribution in [3.63, 3.8) is 0 Å². The molecule has 0 spiro atoms. The highest BCUT2D eigenvalue weighted by molar-refractivity contribution is 7.91. The smallest absolute Gasteiger partial charge is 0.246 e. The molecule has 1 aromatic heterocycles. The van der Waals surface area contributed by atoms with Crippen LogP contribution in [0.15, 0.2) is 4.52 Å². The maximum atomic E-state index is 12.6. The molecule has 2 aliphatic rings. The molecular formula is C16H26N4O4S. The lowest BCUT2D eigenvalue weighted by Gasteiger charge is -2.36. The summed E-state index contributed by atoms with van der Waals surface area (Å²) < 4.78 is 28.4. The quantitative estimate of drug-likeness (QED) is 0.744. The Bertz CT molecular complexity index is 709. The molecule has 25 heavy (non-hydrogen) atoms. The lowest BCUT2D eigenvalue weighted by atomic mass is 9.94. The van der Waals surface area contributed by atoms with Crippen LogP contribution in [0.4, 0.5) is 0 Å². The number of aromatic nitrogens is 2. The molecule has 1 aromatic rings. The summed E-state index contributed by atoms with van der Waals surface area (Å²) in [6.07, 6.45) is 2.96. The molecule has 0 bridgehead atoms. The number of rotatable bonds is 5. The molecular weight excluding hydrogens is 344 g/mol. The first kappa shape index (κ1) is 18.3. The Hall–Kier alpha value is -1.48. The van der Waals surface area contributed by atoms with Crippen LogP contribution in [0.2, 0.25) is 0 Å². The Labute approximate surface area is 148 Å². The van der Waals surface area contributed by atoms with E-state index in [-0.39, 0.29) is 23.6 Å². The van der Waals surface area contributed by atoms with E-state index in [1.54, 1.807) is 11.9 Å². The van der Waals surface area contributed by atoms with Gasteiger partial charge >= 0.3 is 0 Å². The maximum absolute atomic E-state index is 12.6. The Morgan fingerprint density at radius 2 is 2.04 bits per heavy atom. The molecule has 0 aliphatic carbocycles. The van der Waals surface area contributed by atoms with Crippen molar-refractivity contribution >= 4 is 15.7 Å². The molecule has 0 aromatic carbocycles. The number of carbonyl (C=O) groups excluding carboxylic acids is 1. The molecule has 8 nitrogen and oxygen atoms in total. The average molecular weight is 370 g/mol. The molecule has 9 heteroatoms. The first-order valence-electron chi connectivity index (χ1n) is 8.89. The first-order valence-corrected chi connectivity index (χ1v) is 10.7. The van der Waals surface area contributed by atoms with Gasteiger partial charge in [0.05, 0.1) is 18.1 Å². The second-order valence-corrected chi connectivity index (χ2v) is 9.25. The average Bonchev–Trinajstić information content (AvgIpc) is 3.20. The van der Waals surface area contributed by atoms with Crippen molar-refractivity contribution in [1.29, 1.82) is 0 Å². The van der Waals surface area contributed by atoms with Crippen LogP contribution >= 0.6 is 0 Å². The molecule has 0 saturated carbocycles. The largest absolute Gasteiger partial charge is 0.337 e. The number of aryl methyl sites for hydroxylation is 1. The normalized spacial score (nSPS) is 24.5. The Kier molecular flexibility index (Phi) is 5.43. The fourth-order valence-electron chi connectivity index (χ4n) is 3.67. The number of nitrogens with zero attached hydrogens (tertiary/aromatic N) is 4. The lowest BCUT2D eigenvalue weighted by molar-refractivity contribution is -0.136. The number of sulfone groups is 1. The van der Waals surface area contributed by atoms with Crippen LogP contribution in [-0.2, 0) is 27.6 Å². The van der Waals surface area contributed by atoms with Crippen molar-refractivity contribution in [2.75, 3.05) is 31.6 Å². The second kappa shape index (κ2) is 7.41. The second-order valence-electron chi connectivity index (χ2n) is 7.02. The van der Waals surface area contributed by atoms with Crippen LogP contribution in [0.1, 0.15) is 37.9 Å². The molecule has 0 unspecified atom stereocenters. The summed E-state index contributed by atoms with van der Waals surface area (Å²) in [5.41, 5.74) is 0. The summed E-state index contributed by atoms with van der Waals surface area (Å²) >= 11 is 0. The molecule has 3 rings (SSSR count). The molecule has 140 valence electrons. The van der Waals surface area contributed by atoms with Gasteiger partial charge in [0.1, 0.15) is 0 Å². The van der Waals surface area contributed by atoms with Crippen LogP contribution in [0.5, 0.6) is 0 Å². The van der Waals surface area contributed by atoms with Gasteiger partial charge in [0.15, 0.2) is 15.7 Å². The summed E-state index contributed by atoms with van der Waals surface area (Å²) in [5.74, 6) is 1.74. The molecule has 0 N–H and O–H groups in total. The zero-order chi connectivity index (χ0) is 18.0. The predicted molar refractivity (Wildman–Crippen MR) is 91.5 cm³/mol. The standard InChI is InChI=1S/C16H26N4O4S/c1-3-14-17-15(24-18-14)10-19(2)16(21)12-4-7-20(8-5-12)13-6-9-25(22,23)11-13/h12-13H,3-11H2,1-2H3/t13-/m0/s1. The van der Waals surface area contributed by atoms with Gasteiger partial charge in [-0.1, -0.05) is 12.1 Å². The van der Waals surface area contributed by atoms with Gasteiger partial charge in [-0.3, -0.25) is 9.69 Å². The van der Waals surface area contributed by atoms with E-state index in [1.807, 2.05) is 6.92 Å². The zero-order valence-corrected chi connectivity index (χ0v) is 15.7. The Morgan fingerprint density at radius 3 is 2.60 bits per heavy atom. The first-order chi connectivity index (χ1) is 11.9. The van der Waals surface area contributed by atoms with E-state index >= 15 is 0 Å². The van der Waals surface area contributed by atoms with Gasteiger partial charge < -0.3 is 9.42 Å². The molecule has 2 aliphatic heterocycles. The van der Waals surface area contributed by atoms with E-state index in [4.69, 9.17) is 4.52 Å². The van der Waals surface area contributed by atoms with Gasteiger partial charge in [0.25, 0.3) is 0 Å². The molecule has 0 radical (unpaired) electrons. The topological polar surface area (TPSA) is 96.6 Å². The van der Waals surface area contributed by atoms with Crippen molar-refractivity contribution in [3.8, 4) is 0 Å². The minimum atomic E-state index is -2.86. The summed E-state index contributed by atoms with van der Waals surface area (Å²) in [4.78, 5) is 20.8. The fourth-order valence-corrected chi connectivity index (χ4v) is 5.43. The third kappa shape index (κ3) is 4.38. The van der Waals surface area contributed by atoms with Crippen LogP contribution < -0.4 is 0 Å². The number of hydrogen-bond donors (Lipinski definition) is 0. The van der Waals surface area contributed by atoms with Gasteiger partial charge in [-0.2, -0.15) is 4.98 Å². The van der Waals surface area contributed by atoms with E-state index in [2.05, 4.69) is 15.0 Å². The molecule has 2 saturated heterocycles. The molecule has 2 fully saturated rings. The van der Waals surface area contributed by atoms with E-state index in [0.29, 0.717) is 30.4 Å². The monoisotopic (exact) mass is 370 g/mol. The molecule has 1 amide bonds. The van der Waals surface area contributed by atoms with Crippen molar-refractivity contribution in [1.82, 2.24) is 19.9 Å². The summed E-state index contributed by atoms with van der Waals surface area (Å²) in [6, 6.07) is 0.129. The van der Waals surface area contributed by atoms with Gasteiger partial charge in [-0.25, -0.2) is 8.42 Å². The lowest BCUT2D eigenvalue weighted by Crippen LogP contribution is -2.45. The minimum Gasteiger partial charge on any atom is -0.337 e.